The van der Waals surface area contributed by atoms with Crippen molar-refractivity contribution < 1.29 is 0 Å². The Morgan fingerprint density at radius 2 is 1.43 bits per heavy atom. The van der Waals surface area contributed by atoms with Crippen LogP contribution in [0.2, 0.25) is 0 Å². The van der Waals surface area contributed by atoms with E-state index in [1.807, 2.05) is 0 Å². The fraction of sp³-hybridized carbons (Fsp3) is 1.00. The Kier molecular flexibility index (Phi) is 7.26. The lowest BCUT2D eigenvalue weighted by molar-refractivity contribution is 0.271. The molecule has 0 aromatic rings. The van der Waals surface area contributed by atoms with Crippen molar-refractivity contribution in [2.75, 3.05) is 6.54 Å². The zero-order valence-corrected chi connectivity index (χ0v) is 10.9. The molecule has 1 N–H and O–H groups in total. The molecule has 0 spiro atoms. The summed E-state index contributed by atoms with van der Waals surface area (Å²) in [5.74, 6) is 2.52. The minimum absolute atomic E-state index is 0.659. The molecule has 0 saturated carbocycles. The predicted molar refractivity (Wildman–Crippen MR) is 65.5 cm³/mol. The molecule has 0 rings (SSSR count). The third-order valence-corrected chi connectivity index (χ3v) is 3.74. The van der Waals surface area contributed by atoms with Crippen LogP contribution in [0.1, 0.15) is 54.4 Å². The maximum atomic E-state index is 3.51. The normalized spacial score (nSPS) is 20.1. The maximum Gasteiger partial charge on any atom is 0.00643 e. The summed E-state index contributed by atoms with van der Waals surface area (Å²) in [4.78, 5) is 0. The molecule has 1 heteroatoms. The fourth-order valence-electron chi connectivity index (χ4n) is 1.95. The highest BCUT2D eigenvalue weighted by molar-refractivity contribution is 4.72. The van der Waals surface area contributed by atoms with Gasteiger partial charge in [0.05, 0.1) is 0 Å². The third kappa shape index (κ3) is 4.99. The van der Waals surface area contributed by atoms with Crippen LogP contribution in [0, 0.1) is 17.8 Å². The number of rotatable bonds is 7. The first-order chi connectivity index (χ1) is 6.52. The highest BCUT2D eigenvalue weighted by Crippen LogP contribution is 2.23. The van der Waals surface area contributed by atoms with Gasteiger partial charge in [-0.1, -0.05) is 41.0 Å². The summed E-state index contributed by atoms with van der Waals surface area (Å²) >= 11 is 0. The lowest BCUT2D eigenvalue weighted by Gasteiger charge is -2.26. The fourth-order valence-corrected chi connectivity index (χ4v) is 1.95. The largest absolute Gasteiger partial charge is 0.314 e. The molecule has 0 aromatic carbocycles. The molecule has 4 unspecified atom stereocenters. The van der Waals surface area contributed by atoms with Crippen molar-refractivity contribution in [2.24, 2.45) is 17.8 Å². The predicted octanol–water partition coefficient (Wildman–Crippen LogP) is 3.69. The van der Waals surface area contributed by atoms with Gasteiger partial charge in [0.1, 0.15) is 0 Å². The number of hydrogen-bond acceptors (Lipinski definition) is 1. The van der Waals surface area contributed by atoms with Crippen LogP contribution in [0.15, 0.2) is 0 Å². The lowest BCUT2D eigenvalue weighted by Crippen LogP contribution is -2.33. The molecule has 0 bridgehead atoms. The maximum absolute atomic E-state index is 3.51. The van der Waals surface area contributed by atoms with E-state index < -0.39 is 0 Å². The molecule has 0 heterocycles. The van der Waals surface area contributed by atoms with Gasteiger partial charge in [0.25, 0.3) is 0 Å². The summed E-state index contributed by atoms with van der Waals surface area (Å²) in [6.45, 7) is 15.0. The van der Waals surface area contributed by atoms with Crippen LogP contribution in [0.25, 0.3) is 0 Å². The van der Waals surface area contributed by atoms with Crippen LogP contribution in [0.5, 0.6) is 0 Å². The molecule has 0 amide bonds. The smallest absolute Gasteiger partial charge is 0.00643 e. The Labute approximate surface area is 90.7 Å². The highest BCUT2D eigenvalue weighted by Gasteiger charge is 2.17. The van der Waals surface area contributed by atoms with E-state index in [2.05, 4.69) is 46.9 Å². The molecule has 0 fully saturated rings. The topological polar surface area (TPSA) is 12.0 Å². The molecule has 0 aliphatic rings. The van der Waals surface area contributed by atoms with Crippen LogP contribution in [-0.4, -0.2) is 12.6 Å². The molecule has 4 atom stereocenters. The Hall–Kier alpha value is -0.0400. The van der Waals surface area contributed by atoms with E-state index in [4.69, 9.17) is 0 Å². The molecular weight excluding hydrogens is 170 g/mol. The second kappa shape index (κ2) is 7.28. The van der Waals surface area contributed by atoms with Gasteiger partial charge in [-0.25, -0.2) is 0 Å². The Morgan fingerprint density at radius 3 is 1.86 bits per heavy atom. The van der Waals surface area contributed by atoms with E-state index in [9.17, 15) is 0 Å². The molecule has 0 saturated heterocycles. The van der Waals surface area contributed by atoms with Crippen LogP contribution in [0.3, 0.4) is 0 Å². The van der Waals surface area contributed by atoms with Gasteiger partial charge in [-0.15, -0.1) is 0 Å². The average Bonchev–Trinajstić information content (AvgIpc) is 2.16. The molecule has 0 aliphatic heterocycles. The van der Waals surface area contributed by atoms with Crippen molar-refractivity contribution in [1.82, 2.24) is 5.32 Å². The average molecular weight is 199 g/mol. The van der Waals surface area contributed by atoms with Gasteiger partial charge >= 0.3 is 0 Å². The van der Waals surface area contributed by atoms with Crippen molar-refractivity contribution in [2.45, 2.75) is 60.4 Å². The molecule has 14 heavy (non-hydrogen) atoms. The molecule has 1 nitrogen and oxygen atoms in total. The summed E-state index contributed by atoms with van der Waals surface area (Å²) in [6, 6.07) is 0.659. The Bertz CT molecular complexity index is 133. The van der Waals surface area contributed by atoms with Crippen molar-refractivity contribution in [3.05, 3.63) is 0 Å². The van der Waals surface area contributed by atoms with Crippen LogP contribution >= 0.6 is 0 Å². The van der Waals surface area contributed by atoms with E-state index >= 15 is 0 Å². The van der Waals surface area contributed by atoms with Crippen molar-refractivity contribution in [1.29, 1.82) is 0 Å². The monoisotopic (exact) mass is 199 g/mol. The third-order valence-electron chi connectivity index (χ3n) is 3.74. The second-order valence-corrected chi connectivity index (χ2v) is 4.92. The van der Waals surface area contributed by atoms with E-state index in [1.54, 1.807) is 0 Å². The van der Waals surface area contributed by atoms with Crippen LogP contribution in [-0.2, 0) is 0 Å². The van der Waals surface area contributed by atoms with Gasteiger partial charge in [0.15, 0.2) is 0 Å². The van der Waals surface area contributed by atoms with E-state index in [0.29, 0.717) is 6.04 Å². The quantitative estimate of drug-likeness (QED) is 0.659. The molecule has 0 aromatic heterocycles. The second-order valence-electron chi connectivity index (χ2n) is 4.92. The lowest BCUT2D eigenvalue weighted by atomic mass is 9.84. The van der Waals surface area contributed by atoms with Crippen molar-refractivity contribution in [3.8, 4) is 0 Å². The SMILES string of the molecule is CCNC(C)C(C)CC(C)C(C)CC. The van der Waals surface area contributed by atoms with Gasteiger partial charge in [0, 0.05) is 6.04 Å². The van der Waals surface area contributed by atoms with Gasteiger partial charge in [-0.2, -0.15) is 0 Å². The molecule has 0 radical (unpaired) electrons. The Morgan fingerprint density at radius 1 is 0.857 bits per heavy atom. The first kappa shape index (κ1) is 14.0. The van der Waals surface area contributed by atoms with Gasteiger partial charge in [-0.05, 0) is 37.6 Å². The van der Waals surface area contributed by atoms with Crippen LogP contribution < -0.4 is 5.32 Å². The standard InChI is InChI=1S/C13H29N/c1-7-10(3)11(4)9-12(5)13(6)14-8-2/h10-14H,7-9H2,1-6H3. The summed E-state index contributed by atoms with van der Waals surface area (Å²) < 4.78 is 0. The number of nitrogens with one attached hydrogen (secondary N) is 1. The van der Waals surface area contributed by atoms with Gasteiger partial charge in [-0.3, -0.25) is 0 Å². The van der Waals surface area contributed by atoms with Gasteiger partial charge in [0.2, 0.25) is 0 Å². The van der Waals surface area contributed by atoms with E-state index in [1.165, 1.54) is 12.8 Å². The van der Waals surface area contributed by atoms with Crippen LogP contribution in [0.4, 0.5) is 0 Å². The first-order valence-electron chi connectivity index (χ1n) is 6.26. The van der Waals surface area contributed by atoms with E-state index in [0.717, 1.165) is 24.3 Å². The number of hydrogen-bond donors (Lipinski definition) is 1. The first-order valence-corrected chi connectivity index (χ1v) is 6.26. The highest BCUT2D eigenvalue weighted by atomic mass is 14.9. The molecule has 0 aliphatic carbocycles. The summed E-state index contributed by atoms with van der Waals surface area (Å²) in [7, 11) is 0. The zero-order valence-electron chi connectivity index (χ0n) is 10.9. The zero-order chi connectivity index (χ0) is 11.1. The van der Waals surface area contributed by atoms with Gasteiger partial charge < -0.3 is 5.32 Å². The molecule has 86 valence electrons. The summed E-state index contributed by atoms with van der Waals surface area (Å²) in [6.07, 6.45) is 2.66. The summed E-state index contributed by atoms with van der Waals surface area (Å²) in [5.41, 5.74) is 0. The summed E-state index contributed by atoms with van der Waals surface area (Å²) in [5, 5.41) is 3.51. The minimum Gasteiger partial charge on any atom is -0.314 e. The van der Waals surface area contributed by atoms with Crippen molar-refractivity contribution in [3.63, 3.8) is 0 Å². The molecular formula is C13H29N. The minimum atomic E-state index is 0.659. The Balaban J connectivity index is 3.85. The van der Waals surface area contributed by atoms with Crippen molar-refractivity contribution >= 4 is 0 Å². The van der Waals surface area contributed by atoms with E-state index in [-0.39, 0.29) is 0 Å².